The molecule has 14 heavy (non-hydrogen) atoms. The zero-order valence-electron chi connectivity index (χ0n) is 7.79. The fraction of sp³-hybridized carbons (Fsp3) is 0.300. The van der Waals surface area contributed by atoms with Crippen molar-refractivity contribution in [1.82, 2.24) is 5.32 Å². The maximum Gasteiger partial charge on any atom is 0.218 e. The molecule has 0 saturated carbocycles. The first kappa shape index (κ1) is 11.0. The number of benzene rings is 1. The van der Waals surface area contributed by atoms with E-state index in [-0.39, 0.29) is 5.91 Å². The van der Waals surface area contributed by atoms with Crippen LogP contribution < -0.4 is 11.1 Å². The summed E-state index contributed by atoms with van der Waals surface area (Å²) in [5, 5.41) is 3.82. The minimum Gasteiger partial charge on any atom is -0.370 e. The molecule has 0 atom stereocenters. The van der Waals surface area contributed by atoms with E-state index >= 15 is 0 Å². The third kappa shape index (κ3) is 3.77. The third-order valence-corrected chi connectivity index (χ3v) is 2.19. The number of carbonyl (C=O) groups excluding carboxylic acids is 1. The number of nitrogens with two attached hydrogens (primary N) is 1. The van der Waals surface area contributed by atoms with Gasteiger partial charge in [0.1, 0.15) is 0 Å². The van der Waals surface area contributed by atoms with Crippen LogP contribution in [0.15, 0.2) is 24.3 Å². The standard InChI is InChI=1S/C10H13ClN2O/c11-9-4-2-1-3-8(9)7-13-6-5-10(12)14/h1-4,13H,5-7H2,(H2,12,14). The van der Waals surface area contributed by atoms with E-state index in [1.54, 1.807) is 0 Å². The predicted molar refractivity (Wildman–Crippen MR) is 57.0 cm³/mol. The van der Waals surface area contributed by atoms with E-state index in [2.05, 4.69) is 5.32 Å². The largest absolute Gasteiger partial charge is 0.370 e. The highest BCUT2D eigenvalue weighted by Gasteiger charge is 1.98. The number of rotatable bonds is 5. The molecule has 0 aromatic heterocycles. The lowest BCUT2D eigenvalue weighted by Crippen LogP contribution is -2.21. The van der Waals surface area contributed by atoms with Crippen LogP contribution in [0.5, 0.6) is 0 Å². The van der Waals surface area contributed by atoms with E-state index in [1.165, 1.54) is 0 Å². The van der Waals surface area contributed by atoms with Crippen LogP contribution in [0, 0.1) is 0 Å². The lowest BCUT2D eigenvalue weighted by Gasteiger charge is -2.04. The molecule has 0 aliphatic rings. The Hall–Kier alpha value is -1.06. The fourth-order valence-electron chi connectivity index (χ4n) is 1.08. The quantitative estimate of drug-likeness (QED) is 0.723. The van der Waals surface area contributed by atoms with Gasteiger partial charge < -0.3 is 11.1 Å². The maximum absolute atomic E-state index is 10.4. The number of amides is 1. The molecule has 1 rings (SSSR count). The molecule has 0 radical (unpaired) electrons. The molecular formula is C10H13ClN2O. The van der Waals surface area contributed by atoms with Crippen LogP contribution in [0.3, 0.4) is 0 Å². The van der Waals surface area contributed by atoms with Gasteiger partial charge in [-0.1, -0.05) is 29.8 Å². The first-order valence-electron chi connectivity index (χ1n) is 4.42. The third-order valence-electron chi connectivity index (χ3n) is 1.82. The minimum absolute atomic E-state index is 0.295. The van der Waals surface area contributed by atoms with Crippen molar-refractivity contribution in [2.45, 2.75) is 13.0 Å². The Morgan fingerprint density at radius 3 is 2.79 bits per heavy atom. The van der Waals surface area contributed by atoms with E-state index < -0.39 is 0 Å². The predicted octanol–water partition coefficient (Wildman–Crippen LogP) is 1.30. The summed E-state index contributed by atoms with van der Waals surface area (Å²) < 4.78 is 0. The van der Waals surface area contributed by atoms with Gasteiger partial charge in [0.2, 0.25) is 5.91 Å². The Kier molecular flexibility index (Phi) is 4.43. The van der Waals surface area contributed by atoms with Crippen LogP contribution in [0.4, 0.5) is 0 Å². The van der Waals surface area contributed by atoms with Crippen LogP contribution in [0.2, 0.25) is 5.02 Å². The zero-order chi connectivity index (χ0) is 10.4. The molecule has 0 saturated heterocycles. The van der Waals surface area contributed by atoms with Crippen molar-refractivity contribution in [1.29, 1.82) is 0 Å². The molecule has 0 spiro atoms. The highest BCUT2D eigenvalue weighted by Crippen LogP contribution is 2.13. The van der Waals surface area contributed by atoms with Gasteiger partial charge in [0.05, 0.1) is 0 Å². The second kappa shape index (κ2) is 5.62. The summed E-state index contributed by atoms with van der Waals surface area (Å²) in [4.78, 5) is 10.4. The van der Waals surface area contributed by atoms with Gasteiger partial charge in [-0.2, -0.15) is 0 Å². The van der Waals surface area contributed by atoms with Crippen LogP contribution in [0.25, 0.3) is 0 Å². The summed E-state index contributed by atoms with van der Waals surface area (Å²) >= 11 is 5.93. The molecule has 4 heteroatoms. The lowest BCUT2D eigenvalue weighted by atomic mass is 10.2. The van der Waals surface area contributed by atoms with E-state index in [0.29, 0.717) is 19.5 Å². The Bertz CT molecular complexity index is 315. The van der Waals surface area contributed by atoms with Crippen LogP contribution in [-0.4, -0.2) is 12.5 Å². The molecular weight excluding hydrogens is 200 g/mol. The van der Waals surface area contributed by atoms with Crippen LogP contribution >= 0.6 is 11.6 Å². The van der Waals surface area contributed by atoms with Gasteiger partial charge in [-0.15, -0.1) is 0 Å². The normalized spacial score (nSPS) is 10.1. The monoisotopic (exact) mass is 212 g/mol. The smallest absolute Gasteiger partial charge is 0.218 e. The molecule has 3 nitrogen and oxygen atoms in total. The summed E-state index contributed by atoms with van der Waals surface area (Å²) in [6.07, 6.45) is 0.352. The molecule has 0 bridgehead atoms. The first-order chi connectivity index (χ1) is 6.70. The first-order valence-corrected chi connectivity index (χ1v) is 4.80. The van der Waals surface area contributed by atoms with Crippen molar-refractivity contribution in [3.8, 4) is 0 Å². The average molecular weight is 213 g/mol. The van der Waals surface area contributed by atoms with Crippen molar-refractivity contribution in [2.75, 3.05) is 6.54 Å². The van der Waals surface area contributed by atoms with Crippen molar-refractivity contribution >= 4 is 17.5 Å². The molecule has 0 unspecified atom stereocenters. The van der Waals surface area contributed by atoms with Gasteiger partial charge in [0.25, 0.3) is 0 Å². The maximum atomic E-state index is 10.4. The van der Waals surface area contributed by atoms with Crippen molar-refractivity contribution < 1.29 is 4.79 Å². The molecule has 1 aromatic rings. The van der Waals surface area contributed by atoms with E-state index in [1.807, 2.05) is 24.3 Å². The summed E-state index contributed by atoms with van der Waals surface area (Å²) in [6.45, 7) is 1.24. The summed E-state index contributed by atoms with van der Waals surface area (Å²) in [5.74, 6) is -0.295. The Morgan fingerprint density at radius 2 is 2.14 bits per heavy atom. The summed E-state index contributed by atoms with van der Waals surface area (Å²) in [7, 11) is 0. The van der Waals surface area contributed by atoms with Crippen molar-refractivity contribution in [3.05, 3.63) is 34.9 Å². The van der Waals surface area contributed by atoms with E-state index in [0.717, 1.165) is 10.6 Å². The van der Waals surface area contributed by atoms with Gasteiger partial charge in [0.15, 0.2) is 0 Å². The molecule has 3 N–H and O–H groups in total. The molecule has 1 aromatic carbocycles. The highest BCUT2D eigenvalue weighted by atomic mass is 35.5. The molecule has 0 heterocycles. The molecule has 1 amide bonds. The molecule has 0 aliphatic heterocycles. The summed E-state index contributed by atoms with van der Waals surface area (Å²) in [6, 6.07) is 7.60. The van der Waals surface area contributed by atoms with Gasteiger partial charge in [0, 0.05) is 24.5 Å². The van der Waals surface area contributed by atoms with Gasteiger partial charge >= 0.3 is 0 Å². The number of nitrogens with one attached hydrogen (secondary N) is 1. The van der Waals surface area contributed by atoms with Crippen molar-refractivity contribution in [3.63, 3.8) is 0 Å². The summed E-state index contributed by atoms with van der Waals surface area (Å²) in [5.41, 5.74) is 6.02. The lowest BCUT2D eigenvalue weighted by molar-refractivity contribution is -0.117. The fourth-order valence-corrected chi connectivity index (χ4v) is 1.28. The average Bonchev–Trinajstić information content (AvgIpc) is 2.15. The number of hydrogen-bond acceptors (Lipinski definition) is 2. The van der Waals surface area contributed by atoms with Gasteiger partial charge in [-0.05, 0) is 11.6 Å². The molecule has 0 fully saturated rings. The number of carbonyl (C=O) groups is 1. The Balaban J connectivity index is 2.31. The number of halogens is 1. The molecule has 0 aliphatic carbocycles. The second-order valence-electron chi connectivity index (χ2n) is 2.98. The van der Waals surface area contributed by atoms with Crippen LogP contribution in [0.1, 0.15) is 12.0 Å². The van der Waals surface area contributed by atoms with Gasteiger partial charge in [-0.3, -0.25) is 4.79 Å². The highest BCUT2D eigenvalue weighted by molar-refractivity contribution is 6.31. The van der Waals surface area contributed by atoms with Gasteiger partial charge in [-0.25, -0.2) is 0 Å². The van der Waals surface area contributed by atoms with E-state index in [9.17, 15) is 4.79 Å². The van der Waals surface area contributed by atoms with Crippen LogP contribution in [-0.2, 0) is 11.3 Å². The molecule has 76 valence electrons. The number of hydrogen-bond donors (Lipinski definition) is 2. The van der Waals surface area contributed by atoms with Crippen molar-refractivity contribution in [2.24, 2.45) is 5.73 Å². The SMILES string of the molecule is NC(=O)CCNCc1ccccc1Cl. The Morgan fingerprint density at radius 1 is 1.43 bits per heavy atom. The Labute approximate surface area is 88.2 Å². The minimum atomic E-state index is -0.295. The number of primary amides is 1. The zero-order valence-corrected chi connectivity index (χ0v) is 8.55. The topological polar surface area (TPSA) is 55.1 Å². The second-order valence-corrected chi connectivity index (χ2v) is 3.39. The van der Waals surface area contributed by atoms with E-state index in [4.69, 9.17) is 17.3 Å².